The highest BCUT2D eigenvalue weighted by atomic mass is 16.4. The van der Waals surface area contributed by atoms with Crippen molar-refractivity contribution in [2.75, 3.05) is 0 Å². The zero-order valence-corrected chi connectivity index (χ0v) is 20.3. The molecule has 0 aromatic carbocycles. The van der Waals surface area contributed by atoms with Crippen LogP contribution in [0.25, 0.3) is 0 Å². The predicted molar refractivity (Wildman–Crippen MR) is 124 cm³/mol. The van der Waals surface area contributed by atoms with Crippen LogP contribution in [0, 0.1) is 52.3 Å². The molecule has 0 radical (unpaired) electrons. The molecule has 2 nitrogen and oxygen atoms in total. The largest absolute Gasteiger partial charge is 0.481 e. The maximum Gasteiger partial charge on any atom is 0.306 e. The van der Waals surface area contributed by atoms with Gasteiger partial charge in [-0.2, -0.15) is 0 Å². The average Bonchev–Trinajstić information content (AvgIpc) is 3.04. The first-order valence-electron chi connectivity index (χ1n) is 13.1. The first-order valence-corrected chi connectivity index (χ1v) is 13.1. The van der Waals surface area contributed by atoms with Gasteiger partial charge >= 0.3 is 5.97 Å². The number of carboxylic acids is 1. The van der Waals surface area contributed by atoms with E-state index in [2.05, 4.69) is 40.7 Å². The molecule has 30 heavy (non-hydrogen) atoms. The van der Waals surface area contributed by atoms with Gasteiger partial charge in [0.2, 0.25) is 0 Å². The van der Waals surface area contributed by atoms with E-state index in [4.69, 9.17) is 0 Å². The Kier molecular flexibility index (Phi) is 6.19. The number of fused-ring (bicyclic) bond motifs is 5. The second-order valence-corrected chi connectivity index (χ2v) is 12.6. The van der Waals surface area contributed by atoms with Gasteiger partial charge in [-0.05, 0) is 97.7 Å². The number of carboxylic acid groups (broad SMARTS) is 1. The Balaban J connectivity index is 1.49. The third kappa shape index (κ3) is 3.69. The summed E-state index contributed by atoms with van der Waals surface area (Å²) in [5.74, 6) is 4.41. The predicted octanol–water partition coefficient (Wildman–Crippen LogP) is 7.73. The fraction of sp³-hybridized carbons (Fsp3) is 0.893. The molecule has 0 aliphatic heterocycles. The molecule has 170 valence electrons. The minimum atomic E-state index is -0.582. The van der Waals surface area contributed by atoms with Gasteiger partial charge in [0, 0.05) is 0 Å². The summed E-state index contributed by atoms with van der Waals surface area (Å²) in [6.45, 7) is 12.4. The highest BCUT2D eigenvalue weighted by molar-refractivity contribution is 5.70. The standard InChI is InChI=1S/C28H46O2/c1-18(2)7-6-8-19(3)23-11-12-24-22-10-9-21-17-20(26(29)30)13-15-27(21,4)25(22)14-16-28(23,24)5/h9,18-20,22-25H,6-8,10-17H2,1-5H3,(H,29,30)/t19?,20?,22-,23+,24-,25-,27-,28+/m0/s1. The van der Waals surface area contributed by atoms with Gasteiger partial charge in [0.05, 0.1) is 5.92 Å². The molecule has 0 aromatic rings. The van der Waals surface area contributed by atoms with Crippen LogP contribution in [0.5, 0.6) is 0 Å². The maximum atomic E-state index is 11.6. The van der Waals surface area contributed by atoms with E-state index in [1.54, 1.807) is 0 Å². The van der Waals surface area contributed by atoms with Crippen LogP contribution in [-0.4, -0.2) is 11.1 Å². The average molecular weight is 415 g/mol. The lowest BCUT2D eigenvalue weighted by Gasteiger charge is -2.58. The van der Waals surface area contributed by atoms with Crippen LogP contribution in [0.15, 0.2) is 11.6 Å². The third-order valence-electron chi connectivity index (χ3n) is 10.7. The molecule has 8 atom stereocenters. The van der Waals surface area contributed by atoms with Crippen LogP contribution in [0.2, 0.25) is 0 Å². The number of hydrogen-bond acceptors (Lipinski definition) is 1. The molecule has 0 bridgehead atoms. The highest BCUT2D eigenvalue weighted by Gasteiger charge is 2.59. The maximum absolute atomic E-state index is 11.6. The first-order chi connectivity index (χ1) is 14.2. The fourth-order valence-corrected chi connectivity index (χ4v) is 8.90. The molecule has 0 aromatic heterocycles. The summed E-state index contributed by atoms with van der Waals surface area (Å²) in [4.78, 5) is 11.6. The molecular weight excluding hydrogens is 368 g/mol. The van der Waals surface area contributed by atoms with Gasteiger partial charge in [0.1, 0.15) is 0 Å². The minimum Gasteiger partial charge on any atom is -0.481 e. The van der Waals surface area contributed by atoms with Gasteiger partial charge in [0.15, 0.2) is 0 Å². The zero-order valence-electron chi connectivity index (χ0n) is 20.3. The Labute approximate surface area is 185 Å². The van der Waals surface area contributed by atoms with Crippen LogP contribution in [0.4, 0.5) is 0 Å². The van der Waals surface area contributed by atoms with Gasteiger partial charge in [0.25, 0.3) is 0 Å². The number of aliphatic carboxylic acids is 1. The monoisotopic (exact) mass is 414 g/mol. The Morgan fingerprint density at radius 3 is 2.53 bits per heavy atom. The van der Waals surface area contributed by atoms with Crippen LogP contribution < -0.4 is 0 Å². The van der Waals surface area contributed by atoms with Crippen LogP contribution in [-0.2, 0) is 4.79 Å². The molecule has 3 saturated carbocycles. The van der Waals surface area contributed by atoms with Crippen molar-refractivity contribution >= 4 is 5.97 Å². The van der Waals surface area contributed by atoms with E-state index >= 15 is 0 Å². The Hall–Kier alpha value is -0.790. The number of rotatable bonds is 6. The molecule has 4 rings (SSSR count). The molecule has 4 aliphatic rings. The summed E-state index contributed by atoms with van der Waals surface area (Å²) in [7, 11) is 0. The topological polar surface area (TPSA) is 37.3 Å². The third-order valence-corrected chi connectivity index (χ3v) is 10.7. The van der Waals surface area contributed by atoms with Crippen molar-refractivity contribution in [1.29, 1.82) is 0 Å². The first kappa shape index (κ1) is 22.4. The molecule has 0 spiro atoms. The Morgan fingerprint density at radius 1 is 1.07 bits per heavy atom. The molecular formula is C28H46O2. The number of carbonyl (C=O) groups is 1. The van der Waals surface area contributed by atoms with Gasteiger partial charge in [-0.3, -0.25) is 4.79 Å². The lowest BCUT2D eigenvalue weighted by molar-refractivity contribution is -0.143. The number of allylic oxidation sites excluding steroid dienone is 2. The minimum absolute atomic E-state index is 0.141. The smallest absolute Gasteiger partial charge is 0.306 e. The fourth-order valence-electron chi connectivity index (χ4n) is 8.90. The van der Waals surface area contributed by atoms with Crippen LogP contribution in [0.3, 0.4) is 0 Å². The molecule has 0 amide bonds. The molecule has 2 unspecified atom stereocenters. The molecule has 0 saturated heterocycles. The van der Waals surface area contributed by atoms with Crippen molar-refractivity contribution in [3.05, 3.63) is 11.6 Å². The van der Waals surface area contributed by atoms with Gasteiger partial charge < -0.3 is 5.11 Å². The van der Waals surface area contributed by atoms with Crippen LogP contribution in [0.1, 0.15) is 105 Å². The molecule has 2 heteroatoms. The normalized spacial score (nSPS) is 44.1. The van der Waals surface area contributed by atoms with Crippen molar-refractivity contribution in [2.24, 2.45) is 52.3 Å². The summed E-state index contributed by atoms with van der Waals surface area (Å²) in [5, 5.41) is 9.55. The van der Waals surface area contributed by atoms with Gasteiger partial charge in [-0.1, -0.05) is 65.5 Å². The molecule has 4 aliphatic carbocycles. The lowest BCUT2D eigenvalue weighted by atomic mass is 9.46. The summed E-state index contributed by atoms with van der Waals surface area (Å²) >= 11 is 0. The van der Waals surface area contributed by atoms with Crippen molar-refractivity contribution < 1.29 is 9.90 Å². The zero-order chi connectivity index (χ0) is 21.7. The van der Waals surface area contributed by atoms with E-state index in [-0.39, 0.29) is 11.3 Å². The molecule has 1 N–H and O–H groups in total. The van der Waals surface area contributed by atoms with E-state index in [9.17, 15) is 9.90 Å². The van der Waals surface area contributed by atoms with Crippen LogP contribution >= 0.6 is 0 Å². The van der Waals surface area contributed by atoms with E-state index in [1.807, 2.05) is 0 Å². The highest BCUT2D eigenvalue weighted by Crippen LogP contribution is 2.67. The summed E-state index contributed by atoms with van der Waals surface area (Å²) in [6, 6.07) is 0. The quantitative estimate of drug-likeness (QED) is 0.451. The van der Waals surface area contributed by atoms with E-state index in [0.29, 0.717) is 5.41 Å². The van der Waals surface area contributed by atoms with Crippen molar-refractivity contribution in [2.45, 2.75) is 105 Å². The molecule has 0 heterocycles. The number of hydrogen-bond donors (Lipinski definition) is 1. The van der Waals surface area contributed by atoms with E-state index in [0.717, 1.165) is 54.8 Å². The van der Waals surface area contributed by atoms with Crippen molar-refractivity contribution in [1.82, 2.24) is 0 Å². The second-order valence-electron chi connectivity index (χ2n) is 12.6. The van der Waals surface area contributed by atoms with E-state index < -0.39 is 5.97 Å². The van der Waals surface area contributed by atoms with Crippen molar-refractivity contribution in [3.63, 3.8) is 0 Å². The Bertz CT molecular complexity index is 678. The van der Waals surface area contributed by atoms with E-state index in [1.165, 1.54) is 56.9 Å². The van der Waals surface area contributed by atoms with Crippen molar-refractivity contribution in [3.8, 4) is 0 Å². The Morgan fingerprint density at radius 2 is 1.83 bits per heavy atom. The van der Waals surface area contributed by atoms with Gasteiger partial charge in [-0.25, -0.2) is 0 Å². The van der Waals surface area contributed by atoms with Gasteiger partial charge in [-0.15, -0.1) is 0 Å². The summed E-state index contributed by atoms with van der Waals surface area (Å²) in [5.41, 5.74) is 2.32. The second kappa shape index (κ2) is 8.28. The summed E-state index contributed by atoms with van der Waals surface area (Å²) in [6.07, 6.45) is 16.4. The molecule has 3 fully saturated rings. The lowest BCUT2D eigenvalue weighted by Crippen LogP contribution is -2.50. The summed E-state index contributed by atoms with van der Waals surface area (Å²) < 4.78 is 0. The SMILES string of the molecule is CC(C)CCCC(C)[C@H]1CC[C@H]2[C@@H]3CC=C4CC(C(=O)O)CC[C@]4(C)[C@H]3CC[C@]12C.